The lowest BCUT2D eigenvalue weighted by Crippen LogP contribution is -2.11. The number of Topliss-reactive ketones (excluding diaryl/α,β-unsaturated/α-hetero) is 1. The van der Waals surface area contributed by atoms with Crippen LogP contribution in [-0.2, 0) is 5.41 Å². The van der Waals surface area contributed by atoms with Gasteiger partial charge in [0.2, 0.25) is 5.78 Å². The molecule has 0 aliphatic carbocycles. The summed E-state index contributed by atoms with van der Waals surface area (Å²) in [5.74, 6) is -0.971. The van der Waals surface area contributed by atoms with Crippen LogP contribution in [0.15, 0.2) is 66.4 Å². The molecule has 0 radical (unpaired) electrons. The Bertz CT molecular complexity index is 1250. The molecule has 4 nitrogen and oxygen atoms in total. The molecular formula is C27H23FO4. The Morgan fingerprint density at radius 2 is 1.69 bits per heavy atom. The predicted molar refractivity (Wildman–Crippen MR) is 121 cm³/mol. The van der Waals surface area contributed by atoms with E-state index in [0.29, 0.717) is 16.9 Å². The van der Waals surface area contributed by atoms with E-state index < -0.39 is 11.8 Å². The lowest BCUT2D eigenvalue weighted by Gasteiger charge is -2.18. The number of hydrogen-bond donors (Lipinski definition) is 0. The fourth-order valence-electron chi connectivity index (χ4n) is 3.49. The standard InChI is InChI=1S/C27H23FO4/c1-16-22(32-26(30)19-7-5-6-8-21(19)28)14-13-20-24(29)23(31-25(16)20)15-17-9-11-18(12-10-17)27(2,3)4/h5-15H,1-4H3/b23-15-. The summed E-state index contributed by atoms with van der Waals surface area (Å²) in [6, 6.07) is 16.6. The molecule has 0 N–H and O–H groups in total. The van der Waals surface area contributed by atoms with E-state index in [-0.39, 0.29) is 28.3 Å². The number of esters is 1. The molecule has 0 spiro atoms. The number of rotatable bonds is 3. The Balaban J connectivity index is 1.59. The van der Waals surface area contributed by atoms with Crippen LogP contribution in [0.25, 0.3) is 6.08 Å². The number of allylic oxidation sites excluding steroid dienone is 1. The van der Waals surface area contributed by atoms with Crippen molar-refractivity contribution in [2.24, 2.45) is 0 Å². The third kappa shape index (κ3) is 4.06. The third-order valence-electron chi connectivity index (χ3n) is 5.41. The topological polar surface area (TPSA) is 52.6 Å². The third-order valence-corrected chi connectivity index (χ3v) is 5.41. The monoisotopic (exact) mass is 430 g/mol. The first-order valence-electron chi connectivity index (χ1n) is 10.3. The van der Waals surface area contributed by atoms with Gasteiger partial charge in [-0.2, -0.15) is 0 Å². The van der Waals surface area contributed by atoms with E-state index in [1.807, 2.05) is 24.3 Å². The van der Waals surface area contributed by atoms with Crippen molar-refractivity contribution in [1.82, 2.24) is 0 Å². The highest BCUT2D eigenvalue weighted by molar-refractivity contribution is 6.15. The maximum absolute atomic E-state index is 13.9. The molecule has 0 saturated carbocycles. The van der Waals surface area contributed by atoms with Gasteiger partial charge >= 0.3 is 5.97 Å². The Hall–Kier alpha value is -3.73. The van der Waals surface area contributed by atoms with Gasteiger partial charge in [-0.25, -0.2) is 9.18 Å². The van der Waals surface area contributed by atoms with E-state index in [4.69, 9.17) is 9.47 Å². The molecule has 4 rings (SSSR count). The first-order valence-corrected chi connectivity index (χ1v) is 10.3. The summed E-state index contributed by atoms with van der Waals surface area (Å²) in [7, 11) is 0. The number of halogens is 1. The lowest BCUT2D eigenvalue weighted by molar-refractivity contribution is 0.0728. The number of ketones is 1. The summed E-state index contributed by atoms with van der Waals surface area (Å²) in [6.45, 7) is 8.11. The molecule has 0 saturated heterocycles. The van der Waals surface area contributed by atoms with Crippen molar-refractivity contribution in [3.05, 3.63) is 100 Å². The minimum absolute atomic E-state index is 0.0369. The van der Waals surface area contributed by atoms with Gasteiger partial charge in [0.25, 0.3) is 0 Å². The van der Waals surface area contributed by atoms with Crippen LogP contribution in [0.3, 0.4) is 0 Å². The number of carbonyl (C=O) groups excluding carboxylic acids is 2. The minimum Gasteiger partial charge on any atom is -0.452 e. The largest absolute Gasteiger partial charge is 0.452 e. The average molecular weight is 430 g/mol. The Morgan fingerprint density at radius 1 is 1.00 bits per heavy atom. The van der Waals surface area contributed by atoms with Crippen molar-refractivity contribution >= 4 is 17.8 Å². The normalized spacial score (nSPS) is 14.3. The predicted octanol–water partition coefficient (Wildman–Crippen LogP) is 6.27. The van der Waals surface area contributed by atoms with Gasteiger partial charge < -0.3 is 9.47 Å². The van der Waals surface area contributed by atoms with Crippen LogP contribution in [0.2, 0.25) is 0 Å². The Kier molecular flexibility index (Phi) is 5.43. The van der Waals surface area contributed by atoms with Gasteiger partial charge in [-0.05, 0) is 53.8 Å². The number of benzene rings is 3. The van der Waals surface area contributed by atoms with Gasteiger partial charge in [-0.1, -0.05) is 57.2 Å². The lowest BCUT2D eigenvalue weighted by atomic mass is 9.86. The number of carbonyl (C=O) groups is 2. The molecule has 3 aromatic carbocycles. The molecule has 32 heavy (non-hydrogen) atoms. The number of fused-ring (bicyclic) bond motifs is 1. The zero-order chi connectivity index (χ0) is 23.0. The van der Waals surface area contributed by atoms with Gasteiger partial charge in [-0.15, -0.1) is 0 Å². The average Bonchev–Trinajstić information content (AvgIpc) is 3.06. The van der Waals surface area contributed by atoms with Gasteiger partial charge in [0, 0.05) is 5.56 Å². The molecule has 0 bridgehead atoms. The SMILES string of the molecule is Cc1c(OC(=O)c2ccccc2F)ccc2c1O/C(=C\c1ccc(C(C)(C)C)cc1)C2=O. The Morgan fingerprint density at radius 3 is 2.34 bits per heavy atom. The molecule has 0 fully saturated rings. The number of hydrogen-bond acceptors (Lipinski definition) is 4. The smallest absolute Gasteiger partial charge is 0.346 e. The van der Waals surface area contributed by atoms with Crippen molar-refractivity contribution in [3.63, 3.8) is 0 Å². The molecule has 1 aliphatic rings. The summed E-state index contributed by atoms with van der Waals surface area (Å²) < 4.78 is 25.1. The van der Waals surface area contributed by atoms with E-state index in [1.165, 1.54) is 29.8 Å². The molecule has 1 aliphatic heterocycles. The van der Waals surface area contributed by atoms with Gasteiger partial charge in [-0.3, -0.25) is 4.79 Å². The van der Waals surface area contributed by atoms with Crippen LogP contribution in [0.4, 0.5) is 4.39 Å². The maximum Gasteiger partial charge on any atom is 0.346 e. The van der Waals surface area contributed by atoms with E-state index in [0.717, 1.165) is 5.56 Å². The van der Waals surface area contributed by atoms with E-state index in [2.05, 4.69) is 20.8 Å². The van der Waals surface area contributed by atoms with E-state index in [9.17, 15) is 14.0 Å². The highest BCUT2D eigenvalue weighted by atomic mass is 19.1. The zero-order valence-electron chi connectivity index (χ0n) is 18.4. The summed E-state index contributed by atoms with van der Waals surface area (Å²) in [6.07, 6.45) is 1.69. The van der Waals surface area contributed by atoms with Crippen molar-refractivity contribution in [2.45, 2.75) is 33.1 Å². The molecule has 1 heterocycles. The first-order chi connectivity index (χ1) is 15.1. The second-order valence-electron chi connectivity index (χ2n) is 8.75. The van der Waals surface area contributed by atoms with Crippen LogP contribution in [0.5, 0.6) is 11.5 Å². The Labute approximate surface area is 186 Å². The minimum atomic E-state index is -0.815. The van der Waals surface area contributed by atoms with Crippen LogP contribution >= 0.6 is 0 Å². The molecule has 0 amide bonds. The summed E-state index contributed by atoms with van der Waals surface area (Å²) in [5, 5.41) is 0. The van der Waals surface area contributed by atoms with Crippen LogP contribution in [-0.4, -0.2) is 11.8 Å². The van der Waals surface area contributed by atoms with Crippen molar-refractivity contribution in [1.29, 1.82) is 0 Å². The molecule has 0 unspecified atom stereocenters. The highest BCUT2D eigenvalue weighted by Crippen LogP contribution is 2.39. The van der Waals surface area contributed by atoms with Crippen molar-refractivity contribution < 1.29 is 23.5 Å². The summed E-state index contributed by atoms with van der Waals surface area (Å²) in [4.78, 5) is 25.2. The van der Waals surface area contributed by atoms with Gasteiger partial charge in [0.15, 0.2) is 5.76 Å². The molecule has 5 heteroatoms. The quantitative estimate of drug-likeness (QED) is 0.279. The molecular weight excluding hydrogens is 407 g/mol. The number of ether oxygens (including phenoxy) is 2. The van der Waals surface area contributed by atoms with E-state index >= 15 is 0 Å². The van der Waals surface area contributed by atoms with E-state index in [1.54, 1.807) is 25.1 Å². The zero-order valence-corrected chi connectivity index (χ0v) is 18.4. The van der Waals surface area contributed by atoms with Crippen molar-refractivity contribution in [2.75, 3.05) is 0 Å². The fraction of sp³-hybridized carbons (Fsp3) is 0.185. The second-order valence-corrected chi connectivity index (χ2v) is 8.75. The van der Waals surface area contributed by atoms with Crippen LogP contribution in [0.1, 0.15) is 58.2 Å². The van der Waals surface area contributed by atoms with Crippen LogP contribution < -0.4 is 9.47 Å². The maximum atomic E-state index is 13.9. The first kappa shape index (κ1) is 21.5. The fourth-order valence-corrected chi connectivity index (χ4v) is 3.49. The van der Waals surface area contributed by atoms with Gasteiger partial charge in [0.1, 0.15) is 17.3 Å². The van der Waals surface area contributed by atoms with Crippen LogP contribution in [0, 0.1) is 12.7 Å². The van der Waals surface area contributed by atoms with Gasteiger partial charge in [0.05, 0.1) is 11.1 Å². The molecule has 162 valence electrons. The molecule has 3 aromatic rings. The summed E-state index contributed by atoms with van der Waals surface area (Å²) in [5.41, 5.74) is 2.80. The molecule has 0 aromatic heterocycles. The second kappa shape index (κ2) is 8.08. The highest BCUT2D eigenvalue weighted by Gasteiger charge is 2.31. The summed E-state index contributed by atoms with van der Waals surface area (Å²) >= 11 is 0. The molecule has 0 atom stereocenters. The van der Waals surface area contributed by atoms with Crippen molar-refractivity contribution in [3.8, 4) is 11.5 Å².